The summed E-state index contributed by atoms with van der Waals surface area (Å²) >= 11 is 5.21. The van der Waals surface area contributed by atoms with Crippen LogP contribution in [0.2, 0.25) is 0 Å². The third-order valence-corrected chi connectivity index (χ3v) is 4.81. The number of ether oxygens (including phenoxy) is 2. The molecule has 7 nitrogen and oxygen atoms in total. The first-order valence-corrected chi connectivity index (χ1v) is 9.88. The van der Waals surface area contributed by atoms with Gasteiger partial charge in [-0.3, -0.25) is 10.1 Å². The number of benzene rings is 3. The second-order valence-electron chi connectivity index (χ2n) is 6.69. The van der Waals surface area contributed by atoms with Crippen LogP contribution in [0.1, 0.15) is 10.4 Å². The van der Waals surface area contributed by atoms with Crippen molar-refractivity contribution in [1.29, 1.82) is 0 Å². The minimum absolute atomic E-state index is 0.0993. The number of amides is 1. The molecule has 32 heavy (non-hydrogen) atoms. The molecular weight excluding hydrogens is 433 g/mol. The topological polar surface area (TPSA) is 85.6 Å². The Morgan fingerprint density at radius 1 is 1.00 bits per heavy atom. The standard InChI is InChI=1S/C23H18FN3O4S/c1-29-19-9-5-14(11-20(19)30-2)22-26-17-12-16(8-10-18(17)31-22)25-23(32)27-21(28)13-3-6-15(24)7-4-13/h3-12H,1-2H3,(H2,25,27,28,32). The quantitative estimate of drug-likeness (QED) is 0.423. The minimum atomic E-state index is -0.444. The van der Waals surface area contributed by atoms with E-state index in [9.17, 15) is 9.18 Å². The van der Waals surface area contributed by atoms with Gasteiger partial charge in [-0.15, -0.1) is 0 Å². The Bertz CT molecular complexity index is 1300. The van der Waals surface area contributed by atoms with Crippen LogP contribution in [0.25, 0.3) is 22.6 Å². The summed E-state index contributed by atoms with van der Waals surface area (Å²) in [4.78, 5) is 16.7. The van der Waals surface area contributed by atoms with Gasteiger partial charge in [0.1, 0.15) is 11.3 Å². The summed E-state index contributed by atoms with van der Waals surface area (Å²) in [5.41, 5.74) is 2.83. The number of hydrogen-bond donors (Lipinski definition) is 2. The van der Waals surface area contributed by atoms with Crippen molar-refractivity contribution in [2.75, 3.05) is 19.5 Å². The number of carbonyl (C=O) groups is 1. The number of hydrogen-bond acceptors (Lipinski definition) is 6. The second kappa shape index (κ2) is 9.03. The fraction of sp³-hybridized carbons (Fsp3) is 0.0870. The summed E-state index contributed by atoms with van der Waals surface area (Å²) in [6, 6.07) is 15.8. The van der Waals surface area contributed by atoms with Crippen LogP contribution < -0.4 is 20.1 Å². The second-order valence-corrected chi connectivity index (χ2v) is 7.09. The van der Waals surface area contributed by atoms with E-state index in [2.05, 4.69) is 15.6 Å². The molecule has 4 aromatic rings. The van der Waals surface area contributed by atoms with Gasteiger partial charge >= 0.3 is 0 Å². The van der Waals surface area contributed by atoms with E-state index in [1.54, 1.807) is 44.6 Å². The molecule has 1 amide bonds. The molecule has 0 bridgehead atoms. The lowest BCUT2D eigenvalue weighted by molar-refractivity contribution is 0.0977. The molecule has 0 aliphatic rings. The summed E-state index contributed by atoms with van der Waals surface area (Å²) in [5, 5.41) is 5.59. The van der Waals surface area contributed by atoms with E-state index in [-0.39, 0.29) is 5.11 Å². The lowest BCUT2D eigenvalue weighted by atomic mass is 10.2. The predicted octanol–water partition coefficient (Wildman–Crippen LogP) is 4.78. The van der Waals surface area contributed by atoms with Gasteiger partial charge in [-0.1, -0.05) is 0 Å². The SMILES string of the molecule is COc1ccc(-c2nc3cc(NC(=S)NC(=O)c4ccc(F)cc4)ccc3o2)cc1OC. The number of anilines is 1. The van der Waals surface area contributed by atoms with Crippen molar-refractivity contribution in [2.45, 2.75) is 0 Å². The molecule has 4 rings (SSSR count). The summed E-state index contributed by atoms with van der Waals surface area (Å²) in [7, 11) is 3.13. The third-order valence-electron chi connectivity index (χ3n) is 4.61. The lowest BCUT2D eigenvalue weighted by Gasteiger charge is -2.09. The van der Waals surface area contributed by atoms with Gasteiger partial charge < -0.3 is 19.2 Å². The number of halogens is 1. The molecule has 1 heterocycles. The zero-order valence-electron chi connectivity index (χ0n) is 17.1. The van der Waals surface area contributed by atoms with Gasteiger partial charge in [-0.05, 0) is 72.9 Å². The number of thiocarbonyl (C=S) groups is 1. The van der Waals surface area contributed by atoms with Crippen molar-refractivity contribution >= 4 is 40.0 Å². The molecule has 0 aliphatic heterocycles. The monoisotopic (exact) mass is 451 g/mol. The Morgan fingerprint density at radius 2 is 1.75 bits per heavy atom. The highest BCUT2D eigenvalue weighted by molar-refractivity contribution is 7.80. The van der Waals surface area contributed by atoms with E-state index in [1.165, 1.54) is 24.3 Å². The number of carbonyl (C=O) groups excluding carboxylic acids is 1. The highest BCUT2D eigenvalue weighted by atomic mass is 32.1. The molecule has 0 spiro atoms. The van der Waals surface area contributed by atoms with Crippen molar-refractivity contribution in [3.8, 4) is 23.0 Å². The van der Waals surface area contributed by atoms with Crippen LogP contribution >= 0.6 is 12.2 Å². The van der Waals surface area contributed by atoms with E-state index in [4.69, 9.17) is 26.1 Å². The highest BCUT2D eigenvalue weighted by Gasteiger charge is 2.13. The molecule has 0 aliphatic carbocycles. The largest absolute Gasteiger partial charge is 0.493 e. The first-order chi connectivity index (χ1) is 15.5. The van der Waals surface area contributed by atoms with Gasteiger partial charge in [-0.25, -0.2) is 9.37 Å². The van der Waals surface area contributed by atoms with Crippen LogP contribution in [0.4, 0.5) is 10.1 Å². The highest BCUT2D eigenvalue weighted by Crippen LogP contribution is 2.33. The molecule has 1 aromatic heterocycles. The number of aromatic nitrogens is 1. The van der Waals surface area contributed by atoms with Gasteiger partial charge in [0.15, 0.2) is 22.2 Å². The first-order valence-electron chi connectivity index (χ1n) is 9.47. The molecular formula is C23H18FN3O4S. The summed E-state index contributed by atoms with van der Waals surface area (Å²) in [6.45, 7) is 0. The smallest absolute Gasteiger partial charge is 0.257 e. The molecule has 0 atom stereocenters. The average molecular weight is 451 g/mol. The van der Waals surface area contributed by atoms with Gasteiger partial charge in [-0.2, -0.15) is 0 Å². The normalized spacial score (nSPS) is 10.6. The summed E-state index contributed by atoms with van der Waals surface area (Å²) in [5.74, 6) is 0.730. The van der Waals surface area contributed by atoms with Crippen molar-refractivity contribution in [1.82, 2.24) is 10.3 Å². The predicted molar refractivity (Wildman–Crippen MR) is 123 cm³/mol. The van der Waals surface area contributed by atoms with Gasteiger partial charge in [0.2, 0.25) is 5.89 Å². The zero-order chi connectivity index (χ0) is 22.7. The molecule has 0 saturated heterocycles. The third kappa shape index (κ3) is 4.52. The maximum absolute atomic E-state index is 13.0. The number of methoxy groups -OCH3 is 2. The Balaban J connectivity index is 1.50. The fourth-order valence-corrected chi connectivity index (χ4v) is 3.25. The van der Waals surface area contributed by atoms with Crippen molar-refractivity contribution in [3.63, 3.8) is 0 Å². The molecule has 0 radical (unpaired) electrons. The zero-order valence-corrected chi connectivity index (χ0v) is 18.0. The van der Waals surface area contributed by atoms with E-state index in [0.29, 0.717) is 39.7 Å². The Kier molecular flexibility index (Phi) is 6.00. The van der Waals surface area contributed by atoms with Gasteiger partial charge in [0.05, 0.1) is 14.2 Å². The Labute approximate surface area is 188 Å². The van der Waals surface area contributed by atoms with Gasteiger partial charge in [0.25, 0.3) is 5.91 Å². The maximum Gasteiger partial charge on any atom is 0.257 e. The van der Waals surface area contributed by atoms with Crippen molar-refractivity contribution in [3.05, 3.63) is 72.0 Å². The Hall–Kier alpha value is -3.98. The van der Waals surface area contributed by atoms with Crippen LogP contribution in [-0.4, -0.2) is 30.2 Å². The molecule has 2 N–H and O–H groups in total. The summed E-state index contributed by atoms with van der Waals surface area (Å²) in [6.07, 6.45) is 0. The van der Waals surface area contributed by atoms with Gasteiger partial charge in [0, 0.05) is 16.8 Å². The number of fused-ring (bicyclic) bond motifs is 1. The van der Waals surface area contributed by atoms with Crippen LogP contribution in [0.3, 0.4) is 0 Å². The van der Waals surface area contributed by atoms with E-state index in [1.807, 2.05) is 6.07 Å². The van der Waals surface area contributed by atoms with Crippen LogP contribution in [0, 0.1) is 5.82 Å². The minimum Gasteiger partial charge on any atom is -0.493 e. The first kappa shape index (κ1) is 21.3. The molecule has 3 aromatic carbocycles. The number of nitrogens with one attached hydrogen (secondary N) is 2. The van der Waals surface area contributed by atoms with Crippen LogP contribution in [0.5, 0.6) is 11.5 Å². The number of oxazole rings is 1. The molecule has 0 unspecified atom stereocenters. The van der Waals surface area contributed by atoms with Crippen molar-refractivity contribution < 1.29 is 23.1 Å². The molecule has 0 fully saturated rings. The maximum atomic E-state index is 13.0. The number of rotatable bonds is 5. The lowest BCUT2D eigenvalue weighted by Crippen LogP contribution is -2.34. The van der Waals surface area contributed by atoms with Crippen molar-refractivity contribution in [2.24, 2.45) is 0 Å². The van der Waals surface area contributed by atoms with E-state index >= 15 is 0 Å². The van der Waals surface area contributed by atoms with E-state index < -0.39 is 11.7 Å². The number of nitrogens with zero attached hydrogens (tertiary/aromatic N) is 1. The molecule has 162 valence electrons. The fourth-order valence-electron chi connectivity index (χ4n) is 3.04. The van der Waals surface area contributed by atoms with Crippen LogP contribution in [-0.2, 0) is 0 Å². The van der Waals surface area contributed by atoms with E-state index in [0.717, 1.165) is 5.56 Å². The summed E-state index contributed by atoms with van der Waals surface area (Å²) < 4.78 is 29.5. The Morgan fingerprint density at radius 3 is 2.47 bits per heavy atom. The average Bonchev–Trinajstić information content (AvgIpc) is 3.22. The molecule has 0 saturated carbocycles. The molecule has 9 heteroatoms. The van der Waals surface area contributed by atoms with Crippen LogP contribution in [0.15, 0.2) is 65.1 Å².